The number of pyridine rings is 1. The van der Waals surface area contributed by atoms with Gasteiger partial charge < -0.3 is 4.90 Å². The van der Waals surface area contributed by atoms with Crippen molar-refractivity contribution in [3.63, 3.8) is 0 Å². The van der Waals surface area contributed by atoms with Gasteiger partial charge in [0.15, 0.2) is 0 Å². The van der Waals surface area contributed by atoms with Crippen molar-refractivity contribution in [2.45, 2.75) is 20.8 Å². The van der Waals surface area contributed by atoms with E-state index < -0.39 is 0 Å². The third kappa shape index (κ3) is 2.41. The Labute approximate surface area is 117 Å². The topological polar surface area (TPSA) is 16.1 Å². The number of anilines is 2. The monoisotopic (exact) mass is 304 g/mol. The molecular formula is C15H17BrN2. The van der Waals surface area contributed by atoms with Gasteiger partial charge in [0.05, 0.1) is 0 Å². The number of aromatic nitrogens is 1. The molecule has 0 bridgehead atoms. The van der Waals surface area contributed by atoms with Crippen LogP contribution in [-0.4, -0.2) is 12.0 Å². The van der Waals surface area contributed by atoms with Gasteiger partial charge in [-0.2, -0.15) is 0 Å². The van der Waals surface area contributed by atoms with Crippen LogP contribution >= 0.6 is 15.9 Å². The summed E-state index contributed by atoms with van der Waals surface area (Å²) < 4.78 is 0.997. The molecule has 0 aliphatic carbocycles. The SMILES string of the molecule is Cc1ccc(N(C)c2ccc(Br)cn2)c(C)c1C. The molecule has 0 amide bonds. The first-order valence-corrected chi connectivity index (χ1v) is 6.72. The summed E-state index contributed by atoms with van der Waals surface area (Å²) in [5.74, 6) is 0.949. The molecule has 2 rings (SSSR count). The molecule has 3 heteroatoms. The molecule has 0 N–H and O–H groups in total. The maximum absolute atomic E-state index is 4.43. The van der Waals surface area contributed by atoms with Crippen molar-refractivity contribution >= 4 is 27.4 Å². The van der Waals surface area contributed by atoms with Gasteiger partial charge in [-0.3, -0.25) is 0 Å². The average molecular weight is 305 g/mol. The minimum absolute atomic E-state index is 0.949. The molecule has 2 aromatic rings. The third-order valence-electron chi connectivity index (χ3n) is 3.45. The van der Waals surface area contributed by atoms with Crippen molar-refractivity contribution in [2.75, 3.05) is 11.9 Å². The maximum atomic E-state index is 4.43. The number of hydrogen-bond acceptors (Lipinski definition) is 2. The van der Waals surface area contributed by atoms with Crippen molar-refractivity contribution in [2.24, 2.45) is 0 Å². The highest BCUT2D eigenvalue weighted by atomic mass is 79.9. The van der Waals surface area contributed by atoms with Crippen LogP contribution in [0.4, 0.5) is 11.5 Å². The molecule has 0 saturated carbocycles. The summed E-state index contributed by atoms with van der Waals surface area (Å²) in [4.78, 5) is 6.55. The molecule has 1 heterocycles. The Kier molecular flexibility index (Phi) is 3.71. The van der Waals surface area contributed by atoms with Crippen molar-refractivity contribution in [3.05, 3.63) is 51.6 Å². The second-order valence-electron chi connectivity index (χ2n) is 4.55. The lowest BCUT2D eigenvalue weighted by Crippen LogP contribution is -2.13. The fourth-order valence-electron chi connectivity index (χ4n) is 1.99. The summed E-state index contributed by atoms with van der Waals surface area (Å²) in [5.41, 5.74) is 5.18. The molecule has 0 saturated heterocycles. The Morgan fingerprint density at radius 3 is 2.33 bits per heavy atom. The van der Waals surface area contributed by atoms with Crippen molar-refractivity contribution < 1.29 is 0 Å². The zero-order valence-corrected chi connectivity index (χ0v) is 12.7. The predicted molar refractivity (Wildman–Crippen MR) is 80.7 cm³/mol. The molecule has 1 aromatic carbocycles. The van der Waals surface area contributed by atoms with E-state index in [4.69, 9.17) is 0 Å². The Morgan fingerprint density at radius 2 is 1.72 bits per heavy atom. The lowest BCUT2D eigenvalue weighted by Gasteiger charge is -2.22. The van der Waals surface area contributed by atoms with E-state index in [-0.39, 0.29) is 0 Å². The number of hydrogen-bond donors (Lipinski definition) is 0. The van der Waals surface area contributed by atoms with E-state index in [2.05, 4.69) is 58.7 Å². The lowest BCUT2D eigenvalue weighted by molar-refractivity contribution is 1.10. The quantitative estimate of drug-likeness (QED) is 0.810. The van der Waals surface area contributed by atoms with Crippen LogP contribution in [0.5, 0.6) is 0 Å². The molecule has 1 aromatic heterocycles. The minimum atomic E-state index is 0.949. The summed E-state index contributed by atoms with van der Waals surface area (Å²) in [6.45, 7) is 6.47. The van der Waals surface area contributed by atoms with Crippen LogP contribution in [-0.2, 0) is 0 Å². The fourth-order valence-corrected chi connectivity index (χ4v) is 2.23. The summed E-state index contributed by atoms with van der Waals surface area (Å²) in [5, 5.41) is 0. The average Bonchev–Trinajstić information content (AvgIpc) is 2.36. The number of aryl methyl sites for hydroxylation is 1. The fraction of sp³-hybridized carbons (Fsp3) is 0.267. The van der Waals surface area contributed by atoms with E-state index in [9.17, 15) is 0 Å². The first-order chi connectivity index (χ1) is 8.50. The summed E-state index contributed by atoms with van der Waals surface area (Å²) >= 11 is 3.41. The van der Waals surface area contributed by atoms with Gasteiger partial charge in [-0.05, 0) is 71.6 Å². The predicted octanol–water partition coefficient (Wildman–Crippen LogP) is 4.54. The Hall–Kier alpha value is -1.35. The van der Waals surface area contributed by atoms with Crippen LogP contribution in [0.2, 0.25) is 0 Å². The highest BCUT2D eigenvalue weighted by Crippen LogP contribution is 2.29. The molecule has 0 unspecified atom stereocenters. The highest BCUT2D eigenvalue weighted by molar-refractivity contribution is 9.10. The van der Waals surface area contributed by atoms with Gasteiger partial charge in [0.2, 0.25) is 0 Å². The number of rotatable bonds is 2. The van der Waals surface area contributed by atoms with Crippen molar-refractivity contribution in [1.82, 2.24) is 4.98 Å². The third-order valence-corrected chi connectivity index (χ3v) is 3.92. The zero-order valence-electron chi connectivity index (χ0n) is 11.2. The summed E-state index contributed by atoms with van der Waals surface area (Å²) in [6.07, 6.45) is 1.82. The van der Waals surface area contributed by atoms with Crippen LogP contribution in [0.25, 0.3) is 0 Å². The first-order valence-electron chi connectivity index (χ1n) is 5.93. The molecule has 0 aliphatic heterocycles. The van der Waals surface area contributed by atoms with E-state index in [0.717, 1.165) is 10.3 Å². The molecule has 0 spiro atoms. The second kappa shape index (κ2) is 5.11. The lowest BCUT2D eigenvalue weighted by atomic mass is 10.0. The number of halogens is 1. The molecule has 2 nitrogen and oxygen atoms in total. The van der Waals surface area contributed by atoms with Gasteiger partial charge in [0.25, 0.3) is 0 Å². The molecule has 94 valence electrons. The molecule has 0 aliphatic rings. The van der Waals surface area contributed by atoms with Gasteiger partial charge >= 0.3 is 0 Å². The normalized spacial score (nSPS) is 10.5. The van der Waals surface area contributed by atoms with Gasteiger partial charge in [-0.15, -0.1) is 0 Å². The second-order valence-corrected chi connectivity index (χ2v) is 5.46. The van der Waals surface area contributed by atoms with Crippen molar-refractivity contribution in [1.29, 1.82) is 0 Å². The molecule has 0 radical (unpaired) electrons. The van der Waals surface area contributed by atoms with Gasteiger partial charge in [-0.1, -0.05) is 6.07 Å². The van der Waals surface area contributed by atoms with Gasteiger partial charge in [-0.25, -0.2) is 4.98 Å². The van der Waals surface area contributed by atoms with Crippen molar-refractivity contribution in [3.8, 4) is 0 Å². The van der Waals surface area contributed by atoms with E-state index in [1.165, 1.54) is 22.4 Å². The standard InChI is InChI=1S/C15H17BrN2/c1-10-5-7-14(12(3)11(10)2)18(4)15-8-6-13(16)9-17-15/h5-9H,1-4H3. The first kappa shape index (κ1) is 13.1. The Balaban J connectivity index is 2.43. The van der Waals surface area contributed by atoms with Crippen LogP contribution in [0.1, 0.15) is 16.7 Å². The van der Waals surface area contributed by atoms with E-state index in [1.54, 1.807) is 0 Å². The van der Waals surface area contributed by atoms with E-state index in [0.29, 0.717) is 0 Å². The smallest absolute Gasteiger partial charge is 0.132 e. The molecule has 0 fully saturated rings. The summed E-state index contributed by atoms with van der Waals surface area (Å²) in [6, 6.07) is 8.34. The van der Waals surface area contributed by atoms with E-state index >= 15 is 0 Å². The highest BCUT2D eigenvalue weighted by Gasteiger charge is 2.10. The van der Waals surface area contributed by atoms with Gasteiger partial charge in [0, 0.05) is 23.4 Å². The Morgan fingerprint density at radius 1 is 1.00 bits per heavy atom. The largest absolute Gasteiger partial charge is 0.329 e. The number of benzene rings is 1. The number of nitrogens with zero attached hydrogens (tertiary/aromatic N) is 2. The maximum Gasteiger partial charge on any atom is 0.132 e. The van der Waals surface area contributed by atoms with Crippen LogP contribution in [0.3, 0.4) is 0 Å². The molecular weight excluding hydrogens is 288 g/mol. The molecule has 0 atom stereocenters. The van der Waals surface area contributed by atoms with Crippen LogP contribution in [0.15, 0.2) is 34.9 Å². The summed E-state index contributed by atoms with van der Waals surface area (Å²) in [7, 11) is 2.05. The van der Waals surface area contributed by atoms with E-state index in [1.807, 2.05) is 25.4 Å². The zero-order chi connectivity index (χ0) is 13.3. The van der Waals surface area contributed by atoms with Crippen LogP contribution in [0, 0.1) is 20.8 Å². The molecule has 18 heavy (non-hydrogen) atoms. The van der Waals surface area contributed by atoms with Gasteiger partial charge in [0.1, 0.15) is 5.82 Å². The Bertz CT molecular complexity index is 561. The van der Waals surface area contributed by atoms with Crippen LogP contribution < -0.4 is 4.90 Å². The minimum Gasteiger partial charge on any atom is -0.329 e.